The van der Waals surface area contributed by atoms with Crippen molar-refractivity contribution in [2.24, 2.45) is 16.7 Å². The molecule has 28 heavy (non-hydrogen) atoms. The zero-order valence-corrected chi connectivity index (χ0v) is 17.2. The first-order valence-electron chi connectivity index (χ1n) is 10.8. The molecule has 1 saturated carbocycles. The van der Waals surface area contributed by atoms with Crippen molar-refractivity contribution in [3.8, 4) is 5.75 Å². The SMILES string of the molecule is CC1(C)C[C@]2(CN3CCOCC3)CN(C(=O)Cc3ccc4c(c3)CCO4)C[C@H]12. The van der Waals surface area contributed by atoms with Crippen LogP contribution in [0.5, 0.6) is 5.75 Å². The van der Waals surface area contributed by atoms with Crippen LogP contribution in [0.2, 0.25) is 0 Å². The molecule has 1 aliphatic carbocycles. The molecule has 1 aromatic carbocycles. The lowest BCUT2D eigenvalue weighted by molar-refractivity contribution is -0.130. The van der Waals surface area contributed by atoms with E-state index in [9.17, 15) is 4.79 Å². The predicted octanol–water partition coefficient (Wildman–Crippen LogP) is 2.37. The van der Waals surface area contributed by atoms with Gasteiger partial charge in [-0.05, 0) is 34.9 Å². The molecule has 5 heteroatoms. The van der Waals surface area contributed by atoms with E-state index in [0.29, 0.717) is 17.8 Å². The summed E-state index contributed by atoms with van der Waals surface area (Å²) >= 11 is 0. The van der Waals surface area contributed by atoms with Crippen molar-refractivity contribution in [1.29, 1.82) is 0 Å². The maximum absolute atomic E-state index is 13.1. The minimum atomic E-state index is 0.280. The van der Waals surface area contributed by atoms with Crippen molar-refractivity contribution in [2.75, 3.05) is 52.5 Å². The number of carbonyl (C=O) groups is 1. The topological polar surface area (TPSA) is 42.0 Å². The van der Waals surface area contributed by atoms with Crippen LogP contribution in [0.3, 0.4) is 0 Å². The summed E-state index contributed by atoms with van der Waals surface area (Å²) in [5, 5.41) is 0. The highest BCUT2D eigenvalue weighted by atomic mass is 16.5. The van der Waals surface area contributed by atoms with Gasteiger partial charge in [-0.3, -0.25) is 9.69 Å². The number of hydrogen-bond donors (Lipinski definition) is 0. The average Bonchev–Trinajstić information content (AvgIpc) is 3.25. The first-order valence-corrected chi connectivity index (χ1v) is 10.8. The van der Waals surface area contributed by atoms with Gasteiger partial charge in [0.15, 0.2) is 0 Å². The summed E-state index contributed by atoms with van der Waals surface area (Å²) in [6, 6.07) is 6.25. The summed E-state index contributed by atoms with van der Waals surface area (Å²) in [4.78, 5) is 17.9. The second-order valence-corrected chi connectivity index (χ2v) is 9.96. The van der Waals surface area contributed by atoms with Gasteiger partial charge in [0.05, 0.1) is 26.2 Å². The molecule has 2 saturated heterocycles. The van der Waals surface area contributed by atoms with Crippen LogP contribution < -0.4 is 4.74 Å². The molecule has 0 radical (unpaired) electrons. The van der Waals surface area contributed by atoms with Gasteiger partial charge in [-0.2, -0.15) is 0 Å². The van der Waals surface area contributed by atoms with Gasteiger partial charge in [0, 0.05) is 44.6 Å². The Labute approximate surface area is 168 Å². The third kappa shape index (κ3) is 3.13. The lowest BCUT2D eigenvalue weighted by atomic mass is 9.48. The van der Waals surface area contributed by atoms with Crippen LogP contribution in [0.4, 0.5) is 0 Å². The highest BCUT2D eigenvalue weighted by molar-refractivity contribution is 5.79. The molecule has 4 aliphatic rings. The number of fused-ring (bicyclic) bond motifs is 2. The van der Waals surface area contributed by atoms with Crippen molar-refractivity contribution in [3.63, 3.8) is 0 Å². The molecule has 1 aromatic rings. The molecule has 2 atom stereocenters. The molecule has 5 rings (SSSR count). The molecule has 3 fully saturated rings. The molecule has 3 aliphatic heterocycles. The lowest BCUT2D eigenvalue weighted by Gasteiger charge is -2.58. The molecule has 3 heterocycles. The fourth-order valence-corrected chi connectivity index (χ4v) is 6.37. The molecule has 152 valence electrons. The Morgan fingerprint density at radius 1 is 1.21 bits per heavy atom. The summed E-state index contributed by atoms with van der Waals surface area (Å²) < 4.78 is 11.1. The zero-order chi connectivity index (χ0) is 19.4. The Hall–Kier alpha value is -1.59. The van der Waals surface area contributed by atoms with Crippen LogP contribution in [0.1, 0.15) is 31.4 Å². The van der Waals surface area contributed by atoms with E-state index in [1.807, 2.05) is 6.07 Å². The Bertz CT molecular complexity index is 771. The van der Waals surface area contributed by atoms with E-state index in [1.165, 1.54) is 12.0 Å². The second-order valence-electron chi connectivity index (χ2n) is 9.96. The maximum atomic E-state index is 13.1. The smallest absolute Gasteiger partial charge is 0.227 e. The summed E-state index contributed by atoms with van der Waals surface area (Å²) in [5.41, 5.74) is 2.99. The minimum Gasteiger partial charge on any atom is -0.493 e. The van der Waals surface area contributed by atoms with E-state index >= 15 is 0 Å². The standard InChI is InChI=1S/C23H32N2O3/c1-22(2)14-23(15-24-6-9-27-10-7-24)16-25(13-20(22)23)21(26)12-17-3-4-19-18(11-17)5-8-28-19/h3-4,11,20H,5-10,12-16H2,1-2H3/t20-,23+/m1/s1. The predicted molar refractivity (Wildman–Crippen MR) is 108 cm³/mol. The molecule has 0 unspecified atom stereocenters. The quantitative estimate of drug-likeness (QED) is 0.799. The van der Waals surface area contributed by atoms with Crippen LogP contribution >= 0.6 is 0 Å². The van der Waals surface area contributed by atoms with Gasteiger partial charge in [0.2, 0.25) is 5.91 Å². The van der Waals surface area contributed by atoms with Gasteiger partial charge in [-0.15, -0.1) is 0 Å². The van der Waals surface area contributed by atoms with Crippen LogP contribution in [0.15, 0.2) is 18.2 Å². The number of hydrogen-bond acceptors (Lipinski definition) is 4. The highest BCUT2D eigenvalue weighted by Crippen LogP contribution is 2.63. The molecular formula is C23H32N2O3. The molecule has 0 bridgehead atoms. The third-order valence-electron chi connectivity index (χ3n) is 7.50. The van der Waals surface area contributed by atoms with Crippen molar-refractivity contribution in [2.45, 2.75) is 33.1 Å². The van der Waals surface area contributed by atoms with Crippen molar-refractivity contribution in [3.05, 3.63) is 29.3 Å². The number of carbonyl (C=O) groups excluding carboxylic acids is 1. The van der Waals surface area contributed by atoms with E-state index in [2.05, 4.69) is 35.8 Å². The molecule has 0 spiro atoms. The number of morpholine rings is 1. The van der Waals surface area contributed by atoms with Gasteiger partial charge in [0.1, 0.15) is 5.75 Å². The summed E-state index contributed by atoms with van der Waals surface area (Å²) in [7, 11) is 0. The normalized spacial score (nSPS) is 31.1. The van der Waals surface area contributed by atoms with Gasteiger partial charge >= 0.3 is 0 Å². The number of benzene rings is 1. The maximum Gasteiger partial charge on any atom is 0.227 e. The molecular weight excluding hydrogens is 352 g/mol. The van der Waals surface area contributed by atoms with Crippen molar-refractivity contribution in [1.82, 2.24) is 9.80 Å². The Kier molecular flexibility index (Phi) is 4.44. The van der Waals surface area contributed by atoms with E-state index in [1.54, 1.807) is 0 Å². The lowest BCUT2D eigenvalue weighted by Crippen LogP contribution is -2.59. The van der Waals surface area contributed by atoms with Gasteiger partial charge < -0.3 is 14.4 Å². The number of ether oxygens (including phenoxy) is 2. The number of likely N-dealkylation sites (tertiary alicyclic amines) is 1. The number of rotatable bonds is 4. The summed E-state index contributed by atoms with van der Waals surface area (Å²) in [5.74, 6) is 1.88. The van der Waals surface area contributed by atoms with Crippen molar-refractivity contribution < 1.29 is 14.3 Å². The van der Waals surface area contributed by atoms with Crippen LogP contribution in [-0.4, -0.2) is 68.3 Å². The van der Waals surface area contributed by atoms with Crippen LogP contribution in [0, 0.1) is 16.7 Å². The average molecular weight is 385 g/mol. The molecule has 5 nitrogen and oxygen atoms in total. The minimum absolute atomic E-state index is 0.280. The van der Waals surface area contributed by atoms with E-state index < -0.39 is 0 Å². The second kappa shape index (κ2) is 6.74. The monoisotopic (exact) mass is 384 g/mol. The summed E-state index contributed by atoms with van der Waals surface area (Å²) in [6.45, 7) is 12.2. The summed E-state index contributed by atoms with van der Waals surface area (Å²) in [6.07, 6.45) is 2.69. The first kappa shape index (κ1) is 18.4. The van der Waals surface area contributed by atoms with Crippen LogP contribution in [-0.2, 0) is 22.4 Å². The Morgan fingerprint density at radius 2 is 2.04 bits per heavy atom. The zero-order valence-electron chi connectivity index (χ0n) is 17.2. The Balaban J connectivity index is 1.27. The van der Waals surface area contributed by atoms with Crippen LogP contribution in [0.25, 0.3) is 0 Å². The largest absolute Gasteiger partial charge is 0.493 e. The van der Waals surface area contributed by atoms with Gasteiger partial charge in [-0.25, -0.2) is 0 Å². The van der Waals surface area contributed by atoms with E-state index in [4.69, 9.17) is 9.47 Å². The van der Waals surface area contributed by atoms with E-state index in [-0.39, 0.29) is 11.3 Å². The number of nitrogens with zero attached hydrogens (tertiary/aromatic N) is 2. The fraction of sp³-hybridized carbons (Fsp3) is 0.696. The van der Waals surface area contributed by atoms with Gasteiger partial charge in [-0.1, -0.05) is 26.0 Å². The van der Waals surface area contributed by atoms with Crippen molar-refractivity contribution >= 4 is 5.91 Å². The molecule has 1 amide bonds. The third-order valence-corrected chi connectivity index (χ3v) is 7.50. The molecule has 0 aromatic heterocycles. The van der Waals surface area contributed by atoms with E-state index in [0.717, 1.165) is 70.3 Å². The first-order chi connectivity index (χ1) is 13.5. The Morgan fingerprint density at radius 3 is 2.82 bits per heavy atom. The number of amides is 1. The molecule has 0 N–H and O–H groups in total. The fourth-order valence-electron chi connectivity index (χ4n) is 6.37. The van der Waals surface area contributed by atoms with Gasteiger partial charge in [0.25, 0.3) is 0 Å². The highest BCUT2D eigenvalue weighted by Gasteiger charge is 2.63.